The van der Waals surface area contributed by atoms with E-state index in [0.29, 0.717) is 12.8 Å². The van der Waals surface area contributed by atoms with E-state index in [2.05, 4.69) is 5.32 Å². The second kappa shape index (κ2) is 8.97. The second-order valence-electron chi connectivity index (χ2n) is 6.64. The third-order valence-corrected chi connectivity index (χ3v) is 4.94. The highest BCUT2D eigenvalue weighted by Crippen LogP contribution is 2.38. The van der Waals surface area contributed by atoms with E-state index in [-0.39, 0.29) is 31.0 Å². The number of allylic oxidation sites excluding steroid dienone is 1. The summed E-state index contributed by atoms with van der Waals surface area (Å²) in [4.78, 5) is 35.6. The molecule has 1 amide bonds. The highest BCUT2D eigenvalue weighted by Gasteiger charge is 2.48. The van der Waals surface area contributed by atoms with Crippen molar-refractivity contribution in [3.8, 4) is 0 Å². The predicted octanol–water partition coefficient (Wildman–Crippen LogP) is 2.06. The zero-order chi connectivity index (χ0) is 18.3. The van der Waals surface area contributed by atoms with Crippen molar-refractivity contribution in [3.63, 3.8) is 0 Å². The fraction of sp³-hybridized carbons (Fsp3) is 0.722. The normalized spacial score (nSPS) is 26.5. The standard InChI is InChI=1S/C18H29NO5/c1-4-6-7-10-18(24)13(8-9-14(18)20)11-15(21)19-16(17(22)23)12(3)5-2/h6-7,12-13,16,24H,4-5,8-11H2,1-3H3,(H,19,21)(H,22,23)/b7-6+/t12-,13-,16-,18-/m0/s1. The van der Waals surface area contributed by atoms with E-state index in [1.165, 1.54) is 0 Å². The minimum absolute atomic E-state index is 0.0393. The number of aliphatic carboxylic acids is 1. The number of aliphatic hydroxyl groups is 1. The molecule has 0 radical (unpaired) electrons. The van der Waals surface area contributed by atoms with Gasteiger partial charge in [-0.2, -0.15) is 0 Å². The van der Waals surface area contributed by atoms with Gasteiger partial charge in [0.15, 0.2) is 5.78 Å². The van der Waals surface area contributed by atoms with E-state index in [1.54, 1.807) is 13.0 Å². The summed E-state index contributed by atoms with van der Waals surface area (Å²) in [6, 6.07) is -0.951. The van der Waals surface area contributed by atoms with Crippen molar-refractivity contribution in [2.45, 2.75) is 70.9 Å². The van der Waals surface area contributed by atoms with Crippen molar-refractivity contribution in [2.75, 3.05) is 0 Å². The first-order chi connectivity index (χ1) is 11.3. The molecule has 6 nitrogen and oxygen atoms in total. The van der Waals surface area contributed by atoms with Gasteiger partial charge in [-0.25, -0.2) is 4.79 Å². The van der Waals surface area contributed by atoms with Gasteiger partial charge in [0.05, 0.1) is 0 Å². The summed E-state index contributed by atoms with van der Waals surface area (Å²) < 4.78 is 0. The fourth-order valence-electron chi connectivity index (χ4n) is 3.11. The highest BCUT2D eigenvalue weighted by atomic mass is 16.4. The summed E-state index contributed by atoms with van der Waals surface area (Å²) in [6.45, 7) is 5.59. The molecular weight excluding hydrogens is 310 g/mol. The fourth-order valence-corrected chi connectivity index (χ4v) is 3.11. The van der Waals surface area contributed by atoms with Gasteiger partial charge in [0, 0.05) is 25.2 Å². The lowest BCUT2D eigenvalue weighted by Crippen LogP contribution is -2.47. The number of nitrogens with one attached hydrogen (secondary N) is 1. The molecule has 0 heterocycles. The molecule has 3 N–H and O–H groups in total. The number of hydrogen-bond donors (Lipinski definition) is 3. The molecule has 0 aliphatic heterocycles. The van der Waals surface area contributed by atoms with Crippen LogP contribution in [0.1, 0.15) is 59.3 Å². The van der Waals surface area contributed by atoms with E-state index < -0.39 is 29.4 Å². The van der Waals surface area contributed by atoms with Crippen molar-refractivity contribution >= 4 is 17.7 Å². The Balaban J connectivity index is 2.75. The first kappa shape index (κ1) is 20.4. The van der Waals surface area contributed by atoms with Gasteiger partial charge in [0.25, 0.3) is 0 Å². The monoisotopic (exact) mass is 339 g/mol. The van der Waals surface area contributed by atoms with Crippen molar-refractivity contribution in [1.29, 1.82) is 0 Å². The predicted molar refractivity (Wildman–Crippen MR) is 90.4 cm³/mol. The number of carbonyl (C=O) groups excluding carboxylic acids is 2. The summed E-state index contributed by atoms with van der Waals surface area (Å²) in [5, 5.41) is 22.5. The highest BCUT2D eigenvalue weighted by molar-refractivity contribution is 5.91. The molecule has 1 aliphatic carbocycles. The van der Waals surface area contributed by atoms with Crippen molar-refractivity contribution in [1.82, 2.24) is 5.32 Å². The summed E-state index contributed by atoms with van der Waals surface area (Å²) in [5.74, 6) is -2.40. The number of rotatable bonds is 9. The van der Waals surface area contributed by atoms with Crippen LogP contribution in [0.15, 0.2) is 12.2 Å². The average molecular weight is 339 g/mol. The Bertz CT molecular complexity index is 502. The molecule has 0 saturated heterocycles. The van der Waals surface area contributed by atoms with Gasteiger partial charge in [0.1, 0.15) is 11.6 Å². The minimum atomic E-state index is -1.52. The summed E-state index contributed by atoms with van der Waals surface area (Å²) in [7, 11) is 0. The van der Waals surface area contributed by atoms with Crippen LogP contribution in [-0.4, -0.2) is 39.5 Å². The molecule has 0 unspecified atom stereocenters. The first-order valence-electron chi connectivity index (χ1n) is 8.69. The molecule has 1 aliphatic rings. The Labute approximate surface area is 143 Å². The molecule has 0 aromatic heterocycles. The molecule has 1 rings (SSSR count). The van der Waals surface area contributed by atoms with Gasteiger partial charge in [-0.05, 0) is 18.8 Å². The Morgan fingerprint density at radius 2 is 2.04 bits per heavy atom. The lowest BCUT2D eigenvalue weighted by Gasteiger charge is -2.28. The lowest BCUT2D eigenvalue weighted by atomic mass is 9.84. The van der Waals surface area contributed by atoms with Gasteiger partial charge in [-0.15, -0.1) is 0 Å². The molecule has 0 aromatic rings. The minimum Gasteiger partial charge on any atom is -0.480 e. The van der Waals surface area contributed by atoms with Gasteiger partial charge in [-0.3, -0.25) is 9.59 Å². The van der Waals surface area contributed by atoms with Crippen LogP contribution < -0.4 is 5.32 Å². The van der Waals surface area contributed by atoms with Crippen LogP contribution in [0.5, 0.6) is 0 Å². The molecule has 1 saturated carbocycles. The van der Waals surface area contributed by atoms with Gasteiger partial charge in [0.2, 0.25) is 5.91 Å². The molecular formula is C18H29NO5. The van der Waals surface area contributed by atoms with Crippen LogP contribution in [0.25, 0.3) is 0 Å². The maximum Gasteiger partial charge on any atom is 0.326 e. The van der Waals surface area contributed by atoms with Crippen LogP contribution in [-0.2, 0) is 14.4 Å². The third kappa shape index (κ3) is 4.90. The smallest absolute Gasteiger partial charge is 0.326 e. The van der Waals surface area contributed by atoms with Crippen LogP contribution in [0.4, 0.5) is 0 Å². The summed E-state index contributed by atoms with van der Waals surface area (Å²) >= 11 is 0. The number of ketones is 1. The average Bonchev–Trinajstić information content (AvgIpc) is 2.80. The first-order valence-corrected chi connectivity index (χ1v) is 8.69. The van der Waals surface area contributed by atoms with Gasteiger partial charge in [-0.1, -0.05) is 39.3 Å². The number of hydrogen-bond acceptors (Lipinski definition) is 4. The number of carbonyl (C=O) groups is 3. The van der Waals surface area contributed by atoms with Crippen molar-refractivity contribution in [2.24, 2.45) is 11.8 Å². The van der Waals surface area contributed by atoms with E-state index in [0.717, 1.165) is 6.42 Å². The maximum absolute atomic E-state index is 12.2. The lowest BCUT2D eigenvalue weighted by molar-refractivity contribution is -0.144. The number of Topliss-reactive ketones (excluding diaryl/α,β-unsaturated/α-hetero) is 1. The Hall–Kier alpha value is -1.69. The van der Waals surface area contributed by atoms with Crippen LogP contribution in [0.3, 0.4) is 0 Å². The number of carboxylic acids is 1. The zero-order valence-corrected chi connectivity index (χ0v) is 14.7. The SMILES string of the molecule is CC/C=C/C[C@@]1(O)C(=O)CC[C@H]1CC(=O)N[C@H](C(=O)O)[C@@H](C)CC. The molecule has 6 heteroatoms. The van der Waals surface area contributed by atoms with E-state index in [4.69, 9.17) is 0 Å². The molecule has 1 fully saturated rings. The molecule has 0 bridgehead atoms. The third-order valence-electron chi connectivity index (χ3n) is 4.94. The Kier molecular flexibility index (Phi) is 7.60. The quantitative estimate of drug-likeness (QED) is 0.558. The van der Waals surface area contributed by atoms with Crippen molar-refractivity contribution in [3.05, 3.63) is 12.2 Å². The van der Waals surface area contributed by atoms with Crippen molar-refractivity contribution < 1.29 is 24.6 Å². The molecule has 0 aromatic carbocycles. The van der Waals surface area contributed by atoms with Crippen LogP contribution in [0.2, 0.25) is 0 Å². The second-order valence-corrected chi connectivity index (χ2v) is 6.64. The maximum atomic E-state index is 12.2. The summed E-state index contributed by atoms with van der Waals surface area (Å²) in [6.07, 6.45) is 5.95. The Morgan fingerprint density at radius 3 is 2.58 bits per heavy atom. The van der Waals surface area contributed by atoms with Crippen LogP contribution in [0, 0.1) is 11.8 Å². The summed E-state index contributed by atoms with van der Waals surface area (Å²) in [5.41, 5.74) is -1.52. The number of carboxylic acid groups (broad SMARTS) is 1. The molecule has 136 valence electrons. The Morgan fingerprint density at radius 1 is 1.38 bits per heavy atom. The number of amides is 1. The van der Waals surface area contributed by atoms with E-state index in [9.17, 15) is 24.6 Å². The topological polar surface area (TPSA) is 104 Å². The zero-order valence-electron chi connectivity index (χ0n) is 14.7. The van der Waals surface area contributed by atoms with Crippen LogP contribution >= 0.6 is 0 Å². The van der Waals surface area contributed by atoms with E-state index in [1.807, 2.05) is 19.9 Å². The molecule has 0 spiro atoms. The van der Waals surface area contributed by atoms with Gasteiger partial charge < -0.3 is 15.5 Å². The van der Waals surface area contributed by atoms with E-state index >= 15 is 0 Å². The molecule has 4 atom stereocenters. The largest absolute Gasteiger partial charge is 0.480 e. The van der Waals surface area contributed by atoms with Gasteiger partial charge >= 0.3 is 5.97 Å². The molecule has 24 heavy (non-hydrogen) atoms.